The molecule has 0 aliphatic carbocycles. The zero-order chi connectivity index (χ0) is 18.3. The van der Waals surface area contributed by atoms with E-state index >= 15 is 0 Å². The molecule has 3 heterocycles. The molecule has 0 saturated carbocycles. The van der Waals surface area contributed by atoms with Gasteiger partial charge in [-0.3, -0.25) is 19.1 Å². The van der Waals surface area contributed by atoms with E-state index in [1.807, 2.05) is 18.3 Å². The Morgan fingerprint density at radius 3 is 2.64 bits per heavy atom. The lowest BCUT2D eigenvalue weighted by atomic mass is 10.1. The summed E-state index contributed by atoms with van der Waals surface area (Å²) in [7, 11) is -3.89. The molecule has 3 aromatic heterocycles. The number of nitrogens with one attached hydrogen (secondary N) is 2. The van der Waals surface area contributed by atoms with Gasteiger partial charge in [-0.25, -0.2) is 4.98 Å². The molecule has 8 nitrogen and oxygen atoms in total. The minimum absolute atomic E-state index is 0.187. The van der Waals surface area contributed by atoms with Gasteiger partial charge in [-0.1, -0.05) is 0 Å². The molecule has 3 N–H and O–H groups in total. The fourth-order valence-corrected chi connectivity index (χ4v) is 3.18. The van der Waals surface area contributed by atoms with Crippen molar-refractivity contribution in [2.45, 2.75) is 6.92 Å². The smallest absolute Gasteiger partial charge is 0.222 e. The van der Waals surface area contributed by atoms with Gasteiger partial charge in [0.05, 0.1) is 18.1 Å². The zero-order valence-electron chi connectivity index (χ0n) is 14.1. The Bertz CT molecular complexity index is 1030. The summed E-state index contributed by atoms with van der Waals surface area (Å²) in [6, 6.07) is 5.43. The number of anilines is 2. The highest BCUT2D eigenvalue weighted by molar-refractivity contribution is 8.15. The molecular formula is C16H19N5O3S. The second kappa shape index (κ2) is 5.64. The Hall–Kier alpha value is -2.78. The van der Waals surface area contributed by atoms with Crippen LogP contribution < -0.4 is 10.0 Å². The average molecular weight is 361 g/mol. The highest BCUT2D eigenvalue weighted by Crippen LogP contribution is 2.25. The first-order valence-corrected chi connectivity index (χ1v) is 10.2. The number of rotatable bonds is 4. The van der Waals surface area contributed by atoms with Crippen LogP contribution in [0.1, 0.15) is 6.92 Å². The lowest BCUT2D eigenvalue weighted by Gasteiger charge is -2.35. The highest BCUT2D eigenvalue weighted by Gasteiger charge is 2.13. The van der Waals surface area contributed by atoms with Crippen LogP contribution in [0.5, 0.6) is 0 Å². The van der Waals surface area contributed by atoms with Gasteiger partial charge >= 0.3 is 0 Å². The van der Waals surface area contributed by atoms with Crippen LogP contribution in [0.4, 0.5) is 11.5 Å². The van der Waals surface area contributed by atoms with Crippen molar-refractivity contribution >= 4 is 32.6 Å². The SMILES string of the molecule is CC(=O)Nc1cn2cc(-c3cncc(NS(C)(C)(=O)O)c3)ccc2n1. The molecule has 0 aliphatic heterocycles. The maximum atomic E-state index is 12.0. The normalized spacial score (nSPS) is 13.2. The topological polar surface area (TPSA) is 109 Å². The Kier molecular flexibility index (Phi) is 3.85. The molecule has 0 unspecified atom stereocenters. The summed E-state index contributed by atoms with van der Waals surface area (Å²) in [6.07, 6.45) is 9.20. The number of pyridine rings is 2. The van der Waals surface area contributed by atoms with E-state index in [0.717, 1.165) is 11.1 Å². The predicted octanol–water partition coefficient (Wildman–Crippen LogP) is 2.23. The molecule has 0 saturated heterocycles. The Morgan fingerprint density at radius 2 is 1.96 bits per heavy atom. The van der Waals surface area contributed by atoms with Crippen molar-refractivity contribution in [2.24, 2.45) is 0 Å². The van der Waals surface area contributed by atoms with E-state index in [0.29, 0.717) is 17.2 Å². The second-order valence-electron chi connectivity index (χ2n) is 6.32. The number of aromatic nitrogens is 3. The number of carbonyl (C=O) groups is 1. The summed E-state index contributed by atoms with van der Waals surface area (Å²) < 4.78 is 26.3. The number of amides is 1. The lowest BCUT2D eigenvalue weighted by Crippen LogP contribution is -2.37. The van der Waals surface area contributed by atoms with Crippen molar-refractivity contribution < 1.29 is 13.6 Å². The fourth-order valence-electron chi connectivity index (χ4n) is 2.39. The van der Waals surface area contributed by atoms with Crippen LogP contribution in [0.3, 0.4) is 0 Å². The number of imidazole rings is 1. The second-order valence-corrected chi connectivity index (χ2v) is 10.1. The van der Waals surface area contributed by atoms with E-state index in [1.165, 1.54) is 25.6 Å². The minimum Gasteiger partial charge on any atom is -0.310 e. The van der Waals surface area contributed by atoms with E-state index in [1.54, 1.807) is 22.9 Å². The summed E-state index contributed by atoms with van der Waals surface area (Å²) in [5, 5.41) is 2.64. The van der Waals surface area contributed by atoms with Crippen LogP contribution in [0.15, 0.2) is 43.0 Å². The molecule has 25 heavy (non-hydrogen) atoms. The lowest BCUT2D eigenvalue weighted by molar-refractivity contribution is -0.114. The molecule has 1 amide bonds. The highest BCUT2D eigenvalue weighted by atomic mass is 32.3. The van der Waals surface area contributed by atoms with E-state index in [2.05, 4.69) is 20.0 Å². The zero-order valence-corrected chi connectivity index (χ0v) is 14.9. The van der Waals surface area contributed by atoms with Crippen LogP contribution >= 0.6 is 0 Å². The monoisotopic (exact) mass is 361 g/mol. The number of carbonyl (C=O) groups excluding carboxylic acids is 1. The fraction of sp³-hybridized carbons (Fsp3) is 0.188. The number of nitrogens with zero attached hydrogens (tertiary/aromatic N) is 3. The summed E-state index contributed by atoms with van der Waals surface area (Å²) in [5.74, 6) is 0.284. The van der Waals surface area contributed by atoms with Crippen molar-refractivity contribution in [3.05, 3.63) is 43.0 Å². The first kappa shape index (κ1) is 17.1. The molecule has 0 aromatic carbocycles. The minimum atomic E-state index is -3.89. The van der Waals surface area contributed by atoms with Gasteiger partial charge in [0.1, 0.15) is 5.65 Å². The van der Waals surface area contributed by atoms with E-state index < -0.39 is 9.53 Å². The van der Waals surface area contributed by atoms with Crippen molar-refractivity contribution in [1.29, 1.82) is 0 Å². The maximum absolute atomic E-state index is 12.0. The van der Waals surface area contributed by atoms with Crippen molar-refractivity contribution in [1.82, 2.24) is 14.4 Å². The molecular weight excluding hydrogens is 342 g/mol. The van der Waals surface area contributed by atoms with Crippen LogP contribution in [0.2, 0.25) is 0 Å². The number of fused-ring (bicyclic) bond motifs is 1. The Morgan fingerprint density at radius 1 is 1.20 bits per heavy atom. The van der Waals surface area contributed by atoms with Crippen LogP contribution in [0, 0.1) is 0 Å². The number of hydrogen-bond acceptors (Lipinski definition) is 4. The molecule has 0 fully saturated rings. The van der Waals surface area contributed by atoms with Gasteiger partial charge in [-0.05, 0) is 18.2 Å². The first-order chi connectivity index (χ1) is 11.6. The quantitative estimate of drug-likeness (QED) is 0.660. The van der Waals surface area contributed by atoms with E-state index in [4.69, 9.17) is 0 Å². The van der Waals surface area contributed by atoms with Crippen molar-refractivity contribution in [2.75, 3.05) is 22.6 Å². The van der Waals surface area contributed by atoms with Gasteiger partial charge in [0, 0.05) is 43.0 Å². The number of hydrogen-bond donors (Lipinski definition) is 3. The largest absolute Gasteiger partial charge is 0.310 e. The van der Waals surface area contributed by atoms with Crippen molar-refractivity contribution in [3.8, 4) is 11.1 Å². The summed E-state index contributed by atoms with van der Waals surface area (Å²) in [6.45, 7) is 1.42. The van der Waals surface area contributed by atoms with Crippen LogP contribution in [-0.2, 0) is 14.3 Å². The molecule has 9 heteroatoms. The first-order valence-electron chi connectivity index (χ1n) is 7.42. The third kappa shape index (κ3) is 4.40. The Labute approximate surface area is 144 Å². The summed E-state index contributed by atoms with van der Waals surface area (Å²) in [5.41, 5.74) is 2.77. The van der Waals surface area contributed by atoms with Gasteiger partial charge in [-0.2, -0.15) is 4.21 Å². The molecule has 132 valence electrons. The molecule has 3 rings (SSSR count). The van der Waals surface area contributed by atoms with Gasteiger partial charge in [0.2, 0.25) is 5.91 Å². The molecule has 0 spiro atoms. The average Bonchev–Trinajstić information content (AvgIpc) is 2.85. The summed E-state index contributed by atoms with van der Waals surface area (Å²) >= 11 is 0. The molecule has 3 aromatic rings. The predicted molar refractivity (Wildman–Crippen MR) is 99.0 cm³/mol. The van der Waals surface area contributed by atoms with Gasteiger partial charge in [0.15, 0.2) is 5.82 Å². The molecule has 0 aliphatic rings. The molecule has 0 bridgehead atoms. The Balaban J connectivity index is 1.96. The van der Waals surface area contributed by atoms with E-state index in [9.17, 15) is 13.6 Å². The third-order valence-corrected chi connectivity index (χ3v) is 4.05. The molecule has 0 radical (unpaired) electrons. The van der Waals surface area contributed by atoms with Gasteiger partial charge < -0.3 is 9.72 Å². The third-order valence-electron chi connectivity index (χ3n) is 3.24. The van der Waals surface area contributed by atoms with Gasteiger partial charge in [-0.15, -0.1) is 9.53 Å². The summed E-state index contributed by atoms with van der Waals surface area (Å²) in [4.78, 5) is 19.6. The van der Waals surface area contributed by atoms with Crippen LogP contribution in [0.25, 0.3) is 16.8 Å². The van der Waals surface area contributed by atoms with E-state index in [-0.39, 0.29) is 5.91 Å². The maximum Gasteiger partial charge on any atom is 0.222 e. The standard InChI is InChI=1S/C16H19N5O3S/c1-11(22)18-15-10-21-9-12(4-5-16(21)19-15)13-6-14(8-17-7-13)20-25(2,3,23)24/h4-10H,1-3H3,(H,18,22)(H2,20,23,24). The van der Waals surface area contributed by atoms with Gasteiger partial charge in [0.25, 0.3) is 0 Å². The van der Waals surface area contributed by atoms with Crippen LogP contribution in [-0.4, -0.2) is 41.5 Å². The van der Waals surface area contributed by atoms with Crippen molar-refractivity contribution in [3.63, 3.8) is 0 Å². The molecule has 0 atom stereocenters.